The molecule has 0 atom stereocenters. The molecule has 2 aromatic carbocycles. The predicted molar refractivity (Wildman–Crippen MR) is 138 cm³/mol. The first-order valence-corrected chi connectivity index (χ1v) is 11.8. The lowest BCUT2D eigenvalue weighted by molar-refractivity contribution is -0.115. The van der Waals surface area contributed by atoms with Crippen LogP contribution >= 0.6 is 51.1 Å². The molecule has 4 aromatic rings. The number of amides is 1. The van der Waals surface area contributed by atoms with Gasteiger partial charge in [0.2, 0.25) is 5.91 Å². The van der Waals surface area contributed by atoms with E-state index in [1.54, 1.807) is 24.3 Å². The molecule has 0 aliphatic carbocycles. The first-order valence-electron chi connectivity index (χ1n) is 9.33. The Labute approximate surface area is 207 Å². The van der Waals surface area contributed by atoms with Crippen molar-refractivity contribution < 1.29 is 9.21 Å². The third-order valence-corrected chi connectivity index (χ3v) is 6.00. The van der Waals surface area contributed by atoms with Crippen LogP contribution in [0.2, 0.25) is 5.02 Å². The second-order valence-corrected chi connectivity index (χ2v) is 9.15. The molecular weight excluding hydrogens is 530 g/mol. The van der Waals surface area contributed by atoms with Crippen LogP contribution in [0.3, 0.4) is 0 Å². The van der Waals surface area contributed by atoms with E-state index in [1.807, 2.05) is 47.8 Å². The molecule has 0 saturated heterocycles. The summed E-state index contributed by atoms with van der Waals surface area (Å²) in [5.41, 5.74) is 2.72. The van der Waals surface area contributed by atoms with Crippen LogP contribution in [0.15, 0.2) is 81.0 Å². The largest absolute Gasteiger partial charge is 0.457 e. The van der Waals surface area contributed by atoms with E-state index in [2.05, 4.69) is 31.5 Å². The van der Waals surface area contributed by atoms with Gasteiger partial charge in [-0.2, -0.15) is 0 Å². The van der Waals surface area contributed by atoms with E-state index in [9.17, 15) is 4.79 Å². The standard InChI is InChI=1S/C23H15BrClN3O2S2/c24-16-5-1-14(2-6-16)19-13-32-23(26-19)28-22(31)27-21(29)12-10-18-9-11-20(30-18)15-3-7-17(25)8-4-15/h1-13H,(H2,26,27,28,29,31). The van der Waals surface area contributed by atoms with Gasteiger partial charge in [-0.05, 0) is 66.8 Å². The summed E-state index contributed by atoms with van der Waals surface area (Å²) in [5, 5.41) is 8.87. The molecule has 2 N–H and O–H groups in total. The molecule has 9 heteroatoms. The maximum atomic E-state index is 12.2. The Bertz CT molecular complexity index is 1280. The van der Waals surface area contributed by atoms with Gasteiger partial charge in [0.05, 0.1) is 5.69 Å². The van der Waals surface area contributed by atoms with Crippen molar-refractivity contribution in [2.75, 3.05) is 5.32 Å². The molecule has 1 amide bonds. The highest BCUT2D eigenvalue weighted by atomic mass is 79.9. The Morgan fingerprint density at radius 3 is 2.53 bits per heavy atom. The lowest BCUT2D eigenvalue weighted by Gasteiger charge is -2.04. The summed E-state index contributed by atoms with van der Waals surface area (Å²) in [4.78, 5) is 16.7. The predicted octanol–water partition coefficient (Wildman–Crippen LogP) is 7.01. The van der Waals surface area contributed by atoms with Crippen molar-refractivity contribution in [3.8, 4) is 22.6 Å². The number of benzene rings is 2. The van der Waals surface area contributed by atoms with Crippen molar-refractivity contribution in [1.29, 1.82) is 0 Å². The molecule has 32 heavy (non-hydrogen) atoms. The third kappa shape index (κ3) is 5.92. The normalized spacial score (nSPS) is 10.9. The van der Waals surface area contributed by atoms with Crippen LogP contribution in [0, 0.1) is 0 Å². The van der Waals surface area contributed by atoms with Gasteiger partial charge in [-0.3, -0.25) is 10.1 Å². The van der Waals surface area contributed by atoms with Crippen molar-refractivity contribution in [2.45, 2.75) is 0 Å². The second-order valence-electron chi connectivity index (χ2n) is 6.53. The summed E-state index contributed by atoms with van der Waals surface area (Å²) in [6.45, 7) is 0. The lowest BCUT2D eigenvalue weighted by atomic mass is 10.2. The van der Waals surface area contributed by atoms with E-state index < -0.39 is 0 Å². The number of carbonyl (C=O) groups excluding carboxylic acids is 1. The molecule has 0 fully saturated rings. The Kier molecular flexibility index (Phi) is 7.16. The number of nitrogens with zero attached hydrogens (tertiary/aromatic N) is 1. The molecule has 5 nitrogen and oxygen atoms in total. The number of anilines is 1. The van der Waals surface area contributed by atoms with Gasteiger partial charge in [0, 0.05) is 32.1 Å². The van der Waals surface area contributed by atoms with Crippen LogP contribution in [0.25, 0.3) is 28.7 Å². The van der Waals surface area contributed by atoms with Gasteiger partial charge < -0.3 is 9.73 Å². The van der Waals surface area contributed by atoms with E-state index in [1.165, 1.54) is 17.4 Å². The quantitative estimate of drug-likeness (QED) is 0.209. The van der Waals surface area contributed by atoms with Gasteiger partial charge >= 0.3 is 0 Å². The zero-order chi connectivity index (χ0) is 22.5. The van der Waals surface area contributed by atoms with Crippen molar-refractivity contribution >= 4 is 73.3 Å². The van der Waals surface area contributed by atoms with Gasteiger partial charge in [0.15, 0.2) is 10.2 Å². The topological polar surface area (TPSA) is 67.2 Å². The first kappa shape index (κ1) is 22.4. The molecule has 4 rings (SSSR count). The first-order chi connectivity index (χ1) is 15.5. The minimum absolute atomic E-state index is 0.164. The van der Waals surface area contributed by atoms with Crippen molar-refractivity contribution in [2.24, 2.45) is 0 Å². The smallest absolute Gasteiger partial charge is 0.250 e. The van der Waals surface area contributed by atoms with E-state index in [0.29, 0.717) is 21.7 Å². The van der Waals surface area contributed by atoms with Crippen LogP contribution in [0.4, 0.5) is 5.13 Å². The molecule has 2 heterocycles. The van der Waals surface area contributed by atoms with Crippen LogP contribution in [-0.4, -0.2) is 16.0 Å². The SMILES string of the molecule is O=C(C=Cc1ccc(-c2ccc(Cl)cc2)o1)NC(=S)Nc1nc(-c2ccc(Br)cc2)cs1. The number of thiazole rings is 1. The van der Waals surface area contributed by atoms with Crippen molar-refractivity contribution in [1.82, 2.24) is 10.3 Å². The summed E-state index contributed by atoms with van der Waals surface area (Å²) < 4.78 is 6.75. The van der Waals surface area contributed by atoms with Gasteiger partial charge in [0.1, 0.15) is 11.5 Å². The number of rotatable bonds is 5. The van der Waals surface area contributed by atoms with E-state index >= 15 is 0 Å². The van der Waals surface area contributed by atoms with E-state index in [0.717, 1.165) is 21.3 Å². The number of nitrogens with one attached hydrogen (secondary N) is 2. The van der Waals surface area contributed by atoms with Crippen molar-refractivity contribution in [3.05, 3.63) is 87.4 Å². The Morgan fingerprint density at radius 2 is 1.78 bits per heavy atom. The van der Waals surface area contributed by atoms with Crippen molar-refractivity contribution in [3.63, 3.8) is 0 Å². The molecule has 0 aliphatic rings. The zero-order valence-electron chi connectivity index (χ0n) is 16.3. The molecule has 0 unspecified atom stereocenters. The molecule has 2 aromatic heterocycles. The van der Waals surface area contributed by atoms with Crippen LogP contribution in [-0.2, 0) is 4.79 Å². The maximum Gasteiger partial charge on any atom is 0.250 e. The fourth-order valence-corrected chi connectivity index (χ4v) is 4.11. The maximum absolute atomic E-state index is 12.2. The number of furan rings is 1. The highest BCUT2D eigenvalue weighted by Gasteiger charge is 2.08. The highest BCUT2D eigenvalue weighted by Crippen LogP contribution is 2.26. The van der Waals surface area contributed by atoms with Crippen LogP contribution < -0.4 is 10.6 Å². The number of carbonyl (C=O) groups is 1. The minimum Gasteiger partial charge on any atom is -0.457 e. The second kappa shape index (κ2) is 10.2. The fraction of sp³-hybridized carbons (Fsp3) is 0. The van der Waals surface area contributed by atoms with Gasteiger partial charge in [-0.15, -0.1) is 11.3 Å². The highest BCUT2D eigenvalue weighted by molar-refractivity contribution is 9.10. The third-order valence-electron chi connectivity index (χ3n) is 4.26. The molecule has 160 valence electrons. The zero-order valence-corrected chi connectivity index (χ0v) is 20.3. The summed E-state index contributed by atoms with van der Waals surface area (Å²) in [7, 11) is 0. The number of thiocarbonyl (C=S) groups is 1. The van der Waals surface area contributed by atoms with Gasteiger partial charge in [0.25, 0.3) is 0 Å². The fourth-order valence-electron chi connectivity index (χ4n) is 2.74. The Morgan fingerprint density at radius 1 is 1.06 bits per heavy atom. The lowest BCUT2D eigenvalue weighted by Crippen LogP contribution is -2.32. The molecule has 0 spiro atoms. The van der Waals surface area contributed by atoms with E-state index in [4.69, 9.17) is 28.2 Å². The molecule has 0 saturated carbocycles. The van der Waals surface area contributed by atoms with Gasteiger partial charge in [-0.1, -0.05) is 39.7 Å². The Balaban J connectivity index is 1.31. The average molecular weight is 545 g/mol. The molecule has 0 bridgehead atoms. The molecule has 0 aliphatic heterocycles. The minimum atomic E-state index is -0.378. The summed E-state index contributed by atoms with van der Waals surface area (Å²) in [5.74, 6) is 0.851. The summed E-state index contributed by atoms with van der Waals surface area (Å²) in [6.07, 6.45) is 2.93. The summed E-state index contributed by atoms with van der Waals surface area (Å²) in [6, 6.07) is 18.8. The number of aromatic nitrogens is 1. The van der Waals surface area contributed by atoms with Crippen LogP contribution in [0.1, 0.15) is 5.76 Å². The molecular formula is C23H15BrClN3O2S2. The molecule has 0 radical (unpaired) electrons. The number of hydrogen-bond donors (Lipinski definition) is 2. The van der Waals surface area contributed by atoms with E-state index in [-0.39, 0.29) is 11.0 Å². The Hall–Kier alpha value is -2.78. The monoisotopic (exact) mass is 543 g/mol. The number of hydrogen-bond acceptors (Lipinski definition) is 5. The van der Waals surface area contributed by atoms with Crippen LogP contribution in [0.5, 0.6) is 0 Å². The summed E-state index contributed by atoms with van der Waals surface area (Å²) >= 11 is 15.9. The van der Waals surface area contributed by atoms with Gasteiger partial charge in [-0.25, -0.2) is 4.98 Å². The number of halogens is 2. The average Bonchev–Trinajstić information content (AvgIpc) is 3.43.